The first kappa shape index (κ1) is 13.4. The van der Waals surface area contributed by atoms with E-state index in [1.807, 2.05) is 24.3 Å². The summed E-state index contributed by atoms with van der Waals surface area (Å²) in [5, 5.41) is 9.45. The quantitative estimate of drug-likeness (QED) is 0.881. The summed E-state index contributed by atoms with van der Waals surface area (Å²) in [5.41, 5.74) is 1.90. The van der Waals surface area contributed by atoms with E-state index in [-0.39, 0.29) is 11.5 Å². The average Bonchev–Trinajstić information content (AvgIpc) is 2.50. The van der Waals surface area contributed by atoms with Crippen LogP contribution in [0.5, 0.6) is 0 Å². The maximum Gasteiger partial charge on any atom is 0.152 e. The Hall–Kier alpha value is -1.07. The van der Waals surface area contributed by atoms with Gasteiger partial charge in [-0.3, -0.25) is 0 Å². The number of hydrogen-bond acceptors (Lipinski definition) is 4. The molecule has 2 rings (SSSR count). The fourth-order valence-corrected chi connectivity index (χ4v) is 3.43. The Labute approximate surface area is 108 Å². The van der Waals surface area contributed by atoms with Crippen molar-refractivity contribution in [1.29, 1.82) is 0 Å². The molecule has 0 unspecified atom stereocenters. The molecule has 0 amide bonds. The predicted octanol–water partition coefficient (Wildman–Crippen LogP) is 1.36. The van der Waals surface area contributed by atoms with E-state index in [9.17, 15) is 13.5 Å². The molecule has 4 nitrogen and oxygen atoms in total. The van der Waals surface area contributed by atoms with Gasteiger partial charge in [0.25, 0.3) is 0 Å². The Morgan fingerprint density at radius 3 is 2.44 bits per heavy atom. The molecule has 1 fully saturated rings. The Kier molecular flexibility index (Phi) is 3.92. The van der Waals surface area contributed by atoms with E-state index in [4.69, 9.17) is 0 Å². The highest BCUT2D eigenvalue weighted by molar-refractivity contribution is 7.91. The molecule has 1 heterocycles. The maximum absolute atomic E-state index is 11.5. The molecule has 1 aromatic carbocycles. The van der Waals surface area contributed by atoms with Crippen LogP contribution in [-0.4, -0.2) is 38.1 Å². The SMILES string of the molecule is C[C@@H](O)c1ccc(N2CCCS(=O)(=O)CC2)cc1. The number of aliphatic hydroxyl groups is 1. The van der Waals surface area contributed by atoms with Gasteiger partial charge in [-0.2, -0.15) is 0 Å². The van der Waals surface area contributed by atoms with Crippen molar-refractivity contribution < 1.29 is 13.5 Å². The molecule has 0 aliphatic carbocycles. The second-order valence-corrected chi connectivity index (χ2v) is 7.06. The Morgan fingerprint density at radius 1 is 1.17 bits per heavy atom. The van der Waals surface area contributed by atoms with Crippen LogP contribution in [0.3, 0.4) is 0 Å². The van der Waals surface area contributed by atoms with Gasteiger partial charge < -0.3 is 10.0 Å². The molecule has 1 saturated heterocycles. The smallest absolute Gasteiger partial charge is 0.152 e. The first-order valence-electron chi connectivity index (χ1n) is 6.21. The lowest BCUT2D eigenvalue weighted by molar-refractivity contribution is 0.199. The van der Waals surface area contributed by atoms with E-state index in [1.165, 1.54) is 0 Å². The third-order valence-electron chi connectivity index (χ3n) is 3.30. The lowest BCUT2D eigenvalue weighted by Crippen LogP contribution is -2.26. The van der Waals surface area contributed by atoms with E-state index < -0.39 is 15.9 Å². The molecule has 1 atom stereocenters. The molecule has 18 heavy (non-hydrogen) atoms. The number of rotatable bonds is 2. The van der Waals surface area contributed by atoms with E-state index in [0.29, 0.717) is 13.0 Å². The van der Waals surface area contributed by atoms with Crippen molar-refractivity contribution in [3.8, 4) is 0 Å². The van der Waals surface area contributed by atoms with Crippen molar-refractivity contribution in [2.45, 2.75) is 19.4 Å². The van der Waals surface area contributed by atoms with Gasteiger partial charge in [0.2, 0.25) is 0 Å². The van der Waals surface area contributed by atoms with E-state index in [0.717, 1.165) is 17.8 Å². The zero-order valence-electron chi connectivity index (χ0n) is 10.5. The molecular weight excluding hydrogens is 250 g/mol. The summed E-state index contributed by atoms with van der Waals surface area (Å²) < 4.78 is 23.1. The van der Waals surface area contributed by atoms with E-state index >= 15 is 0 Å². The molecule has 1 aromatic rings. The summed E-state index contributed by atoms with van der Waals surface area (Å²) in [7, 11) is -2.86. The molecule has 1 aliphatic heterocycles. The molecule has 100 valence electrons. The highest BCUT2D eigenvalue weighted by Crippen LogP contribution is 2.20. The maximum atomic E-state index is 11.5. The van der Waals surface area contributed by atoms with Crippen LogP contribution in [0.15, 0.2) is 24.3 Å². The van der Waals surface area contributed by atoms with Gasteiger partial charge in [-0.1, -0.05) is 12.1 Å². The highest BCUT2D eigenvalue weighted by atomic mass is 32.2. The van der Waals surface area contributed by atoms with Gasteiger partial charge in [0.15, 0.2) is 9.84 Å². The third-order valence-corrected chi connectivity index (χ3v) is 5.01. The van der Waals surface area contributed by atoms with Crippen LogP contribution in [0.2, 0.25) is 0 Å². The predicted molar refractivity (Wildman–Crippen MR) is 72.6 cm³/mol. The molecule has 1 N–H and O–H groups in total. The second-order valence-electron chi connectivity index (χ2n) is 4.76. The minimum Gasteiger partial charge on any atom is -0.389 e. The minimum absolute atomic E-state index is 0.227. The molecule has 0 aromatic heterocycles. The lowest BCUT2D eigenvalue weighted by atomic mass is 10.1. The fourth-order valence-electron chi connectivity index (χ4n) is 2.16. The van der Waals surface area contributed by atoms with Gasteiger partial charge >= 0.3 is 0 Å². The Balaban J connectivity index is 2.12. The van der Waals surface area contributed by atoms with Crippen LogP contribution in [0.4, 0.5) is 5.69 Å². The number of aliphatic hydroxyl groups excluding tert-OH is 1. The Morgan fingerprint density at radius 2 is 1.83 bits per heavy atom. The molecule has 0 radical (unpaired) electrons. The zero-order chi connectivity index (χ0) is 13.2. The van der Waals surface area contributed by atoms with Gasteiger partial charge in [-0.15, -0.1) is 0 Å². The molecule has 0 saturated carbocycles. The zero-order valence-corrected chi connectivity index (χ0v) is 11.4. The van der Waals surface area contributed by atoms with Gasteiger partial charge in [-0.05, 0) is 31.0 Å². The minimum atomic E-state index is -2.86. The number of benzene rings is 1. The summed E-state index contributed by atoms with van der Waals surface area (Å²) >= 11 is 0. The van der Waals surface area contributed by atoms with Crippen LogP contribution in [0, 0.1) is 0 Å². The summed E-state index contributed by atoms with van der Waals surface area (Å²) in [6.07, 6.45) is 0.212. The van der Waals surface area contributed by atoms with Crippen molar-refractivity contribution in [3.63, 3.8) is 0 Å². The standard InChI is InChI=1S/C13H19NO3S/c1-11(15)12-3-5-13(6-4-12)14-7-2-9-18(16,17)10-8-14/h3-6,11,15H,2,7-10H2,1H3/t11-/m1/s1. The molecule has 0 bridgehead atoms. The van der Waals surface area contributed by atoms with Crippen molar-refractivity contribution in [1.82, 2.24) is 0 Å². The first-order chi connectivity index (χ1) is 8.48. The summed E-state index contributed by atoms with van der Waals surface area (Å²) in [6.45, 7) is 3.05. The summed E-state index contributed by atoms with van der Waals surface area (Å²) in [4.78, 5) is 2.09. The van der Waals surface area contributed by atoms with Gasteiger partial charge in [0.05, 0.1) is 17.6 Å². The van der Waals surface area contributed by atoms with E-state index in [2.05, 4.69) is 4.90 Å². The molecule has 5 heteroatoms. The first-order valence-corrected chi connectivity index (χ1v) is 8.03. The Bertz CT molecular complexity index is 493. The van der Waals surface area contributed by atoms with Crippen LogP contribution in [0.25, 0.3) is 0 Å². The third kappa shape index (κ3) is 3.23. The number of hydrogen-bond donors (Lipinski definition) is 1. The average molecular weight is 269 g/mol. The molecular formula is C13H19NO3S. The largest absolute Gasteiger partial charge is 0.389 e. The lowest BCUT2D eigenvalue weighted by Gasteiger charge is -2.22. The number of anilines is 1. The normalized spacial score (nSPS) is 21.3. The van der Waals surface area contributed by atoms with Crippen LogP contribution in [-0.2, 0) is 9.84 Å². The number of sulfone groups is 1. The highest BCUT2D eigenvalue weighted by Gasteiger charge is 2.19. The van der Waals surface area contributed by atoms with Crippen LogP contribution in [0.1, 0.15) is 25.0 Å². The van der Waals surface area contributed by atoms with Crippen LogP contribution >= 0.6 is 0 Å². The number of nitrogens with zero attached hydrogens (tertiary/aromatic N) is 1. The van der Waals surface area contributed by atoms with Crippen molar-refractivity contribution in [2.75, 3.05) is 29.5 Å². The van der Waals surface area contributed by atoms with E-state index in [1.54, 1.807) is 6.92 Å². The van der Waals surface area contributed by atoms with Gasteiger partial charge in [0.1, 0.15) is 0 Å². The molecule has 1 aliphatic rings. The summed E-state index contributed by atoms with van der Waals surface area (Å²) in [5.74, 6) is 0.514. The monoisotopic (exact) mass is 269 g/mol. The van der Waals surface area contributed by atoms with Crippen LogP contribution < -0.4 is 4.90 Å². The van der Waals surface area contributed by atoms with Gasteiger partial charge in [-0.25, -0.2) is 8.42 Å². The topological polar surface area (TPSA) is 57.6 Å². The fraction of sp³-hybridized carbons (Fsp3) is 0.538. The van der Waals surface area contributed by atoms with Gasteiger partial charge in [0, 0.05) is 18.8 Å². The second kappa shape index (κ2) is 5.28. The van der Waals surface area contributed by atoms with Crippen molar-refractivity contribution in [2.24, 2.45) is 0 Å². The van der Waals surface area contributed by atoms with Crippen molar-refractivity contribution >= 4 is 15.5 Å². The van der Waals surface area contributed by atoms with Crippen molar-refractivity contribution in [3.05, 3.63) is 29.8 Å². The summed E-state index contributed by atoms with van der Waals surface area (Å²) in [6, 6.07) is 7.67. The molecule has 0 spiro atoms.